The van der Waals surface area contributed by atoms with E-state index in [2.05, 4.69) is 31.2 Å². The Morgan fingerprint density at radius 3 is 2.33 bits per heavy atom. The van der Waals surface area contributed by atoms with Crippen LogP contribution in [0.15, 0.2) is 48.5 Å². The van der Waals surface area contributed by atoms with E-state index in [-0.39, 0.29) is 0 Å². The van der Waals surface area contributed by atoms with Crippen LogP contribution < -0.4 is 0 Å². The monoisotopic (exact) mass is 240 g/mol. The Kier molecular flexibility index (Phi) is 4.40. The van der Waals surface area contributed by atoms with Gasteiger partial charge in [0.25, 0.3) is 0 Å². The smallest absolute Gasteiger partial charge is 0.116 e. The first-order valence-corrected chi connectivity index (χ1v) is 6.68. The number of aromatic hydroxyl groups is 1. The van der Waals surface area contributed by atoms with Crippen LogP contribution in [0, 0.1) is 0 Å². The first-order valence-electron chi connectivity index (χ1n) is 6.68. The Morgan fingerprint density at radius 1 is 0.889 bits per heavy atom. The van der Waals surface area contributed by atoms with Crippen molar-refractivity contribution in [3.8, 4) is 16.9 Å². The summed E-state index contributed by atoms with van der Waals surface area (Å²) in [7, 11) is 0. The van der Waals surface area contributed by atoms with E-state index < -0.39 is 0 Å². The average molecular weight is 240 g/mol. The van der Waals surface area contributed by atoms with E-state index in [1.165, 1.54) is 30.4 Å². The Morgan fingerprint density at radius 2 is 1.61 bits per heavy atom. The van der Waals surface area contributed by atoms with Gasteiger partial charge in [-0.05, 0) is 41.7 Å². The van der Waals surface area contributed by atoms with E-state index in [0.29, 0.717) is 5.75 Å². The third-order valence-electron chi connectivity index (χ3n) is 3.18. The second-order valence-electron chi connectivity index (χ2n) is 4.71. The van der Waals surface area contributed by atoms with Gasteiger partial charge in [0.05, 0.1) is 0 Å². The molecule has 0 aliphatic carbocycles. The Bertz CT molecular complexity index is 502. The van der Waals surface area contributed by atoms with Crippen molar-refractivity contribution in [3.05, 3.63) is 54.1 Å². The highest BCUT2D eigenvalue weighted by atomic mass is 16.3. The molecule has 18 heavy (non-hydrogen) atoms. The summed E-state index contributed by atoms with van der Waals surface area (Å²) in [5, 5.41) is 9.52. The molecule has 0 aliphatic rings. The van der Waals surface area contributed by atoms with Gasteiger partial charge in [0, 0.05) is 0 Å². The van der Waals surface area contributed by atoms with Crippen LogP contribution in [0.4, 0.5) is 0 Å². The third kappa shape index (κ3) is 3.36. The normalized spacial score (nSPS) is 10.5. The summed E-state index contributed by atoms with van der Waals surface area (Å²) in [5.74, 6) is 0.323. The number of benzene rings is 2. The molecule has 0 saturated heterocycles. The van der Waals surface area contributed by atoms with Gasteiger partial charge in [-0.3, -0.25) is 0 Å². The number of phenolic OH excluding ortho intramolecular Hbond substituents is 1. The number of aryl methyl sites for hydroxylation is 1. The largest absolute Gasteiger partial charge is 0.508 e. The van der Waals surface area contributed by atoms with E-state index in [1.54, 1.807) is 6.07 Å². The summed E-state index contributed by atoms with van der Waals surface area (Å²) in [6.07, 6.45) is 4.93. The summed E-state index contributed by atoms with van der Waals surface area (Å²) in [6, 6.07) is 16.0. The van der Waals surface area contributed by atoms with Crippen LogP contribution in [-0.2, 0) is 6.42 Å². The summed E-state index contributed by atoms with van der Waals surface area (Å²) >= 11 is 0. The molecule has 0 bridgehead atoms. The van der Waals surface area contributed by atoms with Crippen LogP contribution in [0.2, 0.25) is 0 Å². The number of hydrogen-bond acceptors (Lipinski definition) is 1. The van der Waals surface area contributed by atoms with Gasteiger partial charge in [-0.1, -0.05) is 56.2 Å². The van der Waals surface area contributed by atoms with Gasteiger partial charge < -0.3 is 5.11 Å². The van der Waals surface area contributed by atoms with Crippen LogP contribution >= 0.6 is 0 Å². The van der Waals surface area contributed by atoms with Gasteiger partial charge in [-0.15, -0.1) is 0 Å². The van der Waals surface area contributed by atoms with Crippen molar-refractivity contribution in [1.29, 1.82) is 0 Å². The van der Waals surface area contributed by atoms with E-state index in [9.17, 15) is 5.11 Å². The van der Waals surface area contributed by atoms with Crippen molar-refractivity contribution >= 4 is 0 Å². The molecule has 0 atom stereocenters. The number of hydrogen-bond donors (Lipinski definition) is 1. The van der Waals surface area contributed by atoms with Crippen molar-refractivity contribution in [1.82, 2.24) is 0 Å². The predicted molar refractivity (Wildman–Crippen MR) is 76.8 cm³/mol. The molecular formula is C17H20O. The highest BCUT2D eigenvalue weighted by Crippen LogP contribution is 2.24. The molecule has 0 radical (unpaired) electrons. The summed E-state index contributed by atoms with van der Waals surface area (Å²) in [6.45, 7) is 2.23. The first-order chi connectivity index (χ1) is 8.79. The predicted octanol–water partition coefficient (Wildman–Crippen LogP) is 4.79. The summed E-state index contributed by atoms with van der Waals surface area (Å²) in [4.78, 5) is 0. The van der Waals surface area contributed by atoms with Gasteiger partial charge in [0.2, 0.25) is 0 Å². The molecule has 2 aromatic rings. The molecule has 0 amide bonds. The average Bonchev–Trinajstić information content (AvgIpc) is 2.39. The lowest BCUT2D eigenvalue weighted by Crippen LogP contribution is -1.86. The lowest BCUT2D eigenvalue weighted by molar-refractivity contribution is 0.475. The highest BCUT2D eigenvalue weighted by molar-refractivity contribution is 5.65. The van der Waals surface area contributed by atoms with Gasteiger partial charge in [0.1, 0.15) is 5.75 Å². The topological polar surface area (TPSA) is 20.2 Å². The summed E-state index contributed by atoms with van der Waals surface area (Å²) < 4.78 is 0. The van der Waals surface area contributed by atoms with Crippen molar-refractivity contribution in [2.24, 2.45) is 0 Å². The minimum absolute atomic E-state index is 0.323. The molecule has 0 aromatic heterocycles. The Balaban J connectivity index is 2.16. The van der Waals surface area contributed by atoms with Gasteiger partial charge >= 0.3 is 0 Å². The second kappa shape index (κ2) is 6.25. The fraction of sp³-hybridized carbons (Fsp3) is 0.294. The molecular weight excluding hydrogens is 220 g/mol. The van der Waals surface area contributed by atoms with Gasteiger partial charge in [-0.2, -0.15) is 0 Å². The molecule has 94 valence electrons. The zero-order chi connectivity index (χ0) is 12.8. The number of phenols is 1. The number of unbranched alkanes of at least 4 members (excludes halogenated alkanes) is 2. The minimum atomic E-state index is 0.323. The van der Waals surface area contributed by atoms with E-state index in [4.69, 9.17) is 0 Å². The fourth-order valence-corrected chi connectivity index (χ4v) is 2.17. The molecule has 0 aliphatic heterocycles. The van der Waals surface area contributed by atoms with Gasteiger partial charge in [0.15, 0.2) is 0 Å². The zero-order valence-corrected chi connectivity index (χ0v) is 10.9. The maximum absolute atomic E-state index is 9.52. The van der Waals surface area contributed by atoms with Crippen LogP contribution in [-0.4, -0.2) is 5.11 Å². The summed E-state index contributed by atoms with van der Waals surface area (Å²) in [5.41, 5.74) is 3.64. The molecule has 1 N–H and O–H groups in total. The van der Waals surface area contributed by atoms with Gasteiger partial charge in [-0.25, -0.2) is 0 Å². The van der Waals surface area contributed by atoms with Crippen molar-refractivity contribution < 1.29 is 5.11 Å². The molecule has 0 unspecified atom stereocenters. The highest BCUT2D eigenvalue weighted by Gasteiger charge is 2.00. The SMILES string of the molecule is CCCCCc1cccc(-c2cccc(O)c2)c1. The zero-order valence-electron chi connectivity index (χ0n) is 10.9. The second-order valence-corrected chi connectivity index (χ2v) is 4.71. The standard InChI is InChI=1S/C17H20O/c1-2-3-4-7-14-8-5-9-15(12-14)16-10-6-11-17(18)13-16/h5-6,8-13,18H,2-4,7H2,1H3. The van der Waals surface area contributed by atoms with Crippen molar-refractivity contribution in [2.45, 2.75) is 32.6 Å². The molecule has 0 saturated carbocycles. The molecule has 2 rings (SSSR count). The fourth-order valence-electron chi connectivity index (χ4n) is 2.17. The van der Waals surface area contributed by atoms with Crippen LogP contribution in [0.3, 0.4) is 0 Å². The Hall–Kier alpha value is -1.76. The van der Waals surface area contributed by atoms with E-state index in [0.717, 1.165) is 12.0 Å². The van der Waals surface area contributed by atoms with E-state index >= 15 is 0 Å². The molecule has 1 nitrogen and oxygen atoms in total. The Labute approximate surface area is 109 Å². The van der Waals surface area contributed by atoms with Crippen LogP contribution in [0.5, 0.6) is 5.75 Å². The molecule has 2 aromatic carbocycles. The van der Waals surface area contributed by atoms with Crippen molar-refractivity contribution in [3.63, 3.8) is 0 Å². The quantitative estimate of drug-likeness (QED) is 0.745. The first kappa shape index (κ1) is 12.7. The number of rotatable bonds is 5. The maximum Gasteiger partial charge on any atom is 0.116 e. The van der Waals surface area contributed by atoms with Crippen LogP contribution in [0.25, 0.3) is 11.1 Å². The van der Waals surface area contributed by atoms with Crippen LogP contribution in [0.1, 0.15) is 31.7 Å². The molecule has 0 fully saturated rings. The maximum atomic E-state index is 9.52. The lowest BCUT2D eigenvalue weighted by atomic mass is 10.00. The third-order valence-corrected chi connectivity index (χ3v) is 3.18. The lowest BCUT2D eigenvalue weighted by Gasteiger charge is -2.06. The van der Waals surface area contributed by atoms with E-state index in [1.807, 2.05) is 18.2 Å². The molecule has 0 heterocycles. The van der Waals surface area contributed by atoms with Crippen molar-refractivity contribution in [2.75, 3.05) is 0 Å². The molecule has 0 spiro atoms. The molecule has 1 heteroatoms. The minimum Gasteiger partial charge on any atom is -0.508 e.